The van der Waals surface area contributed by atoms with Gasteiger partial charge in [0.2, 0.25) is 0 Å². The molecule has 4 heteroatoms. The zero-order valence-corrected chi connectivity index (χ0v) is 21.9. The second-order valence-electron chi connectivity index (χ2n) is 9.78. The van der Waals surface area contributed by atoms with Crippen LogP contribution in [0.5, 0.6) is 0 Å². The molecule has 182 valence electrons. The molecule has 2 nitrogen and oxygen atoms in total. The average molecular weight is 504 g/mol. The van der Waals surface area contributed by atoms with Gasteiger partial charge in [-0.25, -0.2) is 0 Å². The van der Waals surface area contributed by atoms with Crippen molar-refractivity contribution in [3.05, 3.63) is 131 Å². The third-order valence-corrected chi connectivity index (χ3v) is 7.62. The zero-order chi connectivity index (χ0) is 27.6. The van der Waals surface area contributed by atoms with E-state index < -0.39 is 0 Å². The van der Waals surface area contributed by atoms with Crippen LogP contribution in [-0.4, -0.2) is 15.7 Å². The first-order valence-electron chi connectivity index (χ1n) is 13.2. The molecule has 0 aliphatic rings. The molecule has 4 radical (unpaired) electrons. The van der Waals surface area contributed by atoms with Crippen molar-refractivity contribution in [1.82, 2.24) is 0 Å². The molecule has 0 bridgehead atoms. The molecule has 6 rings (SSSR count). The topological polar surface area (TPSA) is 47.6 Å². The van der Waals surface area contributed by atoms with Crippen LogP contribution in [0.15, 0.2) is 109 Å². The summed E-state index contributed by atoms with van der Waals surface area (Å²) in [4.78, 5) is 0. The maximum absolute atomic E-state index is 9.34. The Bertz CT molecular complexity index is 1830. The lowest BCUT2D eigenvalue weighted by molar-refractivity contribution is 1.37. The molecule has 0 aliphatic carbocycles. The van der Waals surface area contributed by atoms with Crippen LogP contribution in [0.25, 0.3) is 54.9 Å². The molecule has 0 saturated carbocycles. The summed E-state index contributed by atoms with van der Waals surface area (Å²) in [6, 6.07) is 40.9. The summed E-state index contributed by atoms with van der Waals surface area (Å²) in [6.07, 6.45) is 0.657. The van der Waals surface area contributed by atoms with Gasteiger partial charge in [0.15, 0.2) is 0 Å². The lowest BCUT2D eigenvalue weighted by atomic mass is 9.76. The molecule has 0 unspecified atom stereocenters. The van der Waals surface area contributed by atoms with Crippen LogP contribution in [0.4, 0.5) is 0 Å². The fourth-order valence-corrected chi connectivity index (χ4v) is 5.74. The van der Waals surface area contributed by atoms with E-state index in [9.17, 15) is 10.5 Å². The molecule has 0 atom stereocenters. The van der Waals surface area contributed by atoms with Crippen molar-refractivity contribution in [2.45, 2.75) is 12.6 Å². The molecule has 0 N–H and O–H groups in total. The van der Waals surface area contributed by atoms with E-state index in [2.05, 4.69) is 60.7 Å². The van der Waals surface area contributed by atoms with Crippen molar-refractivity contribution in [3.63, 3.8) is 0 Å². The first kappa shape index (κ1) is 25.2. The molecule has 0 spiro atoms. The monoisotopic (exact) mass is 504 g/mol. The Hall–Kier alpha value is -5.05. The Labute approximate surface area is 237 Å². The first-order valence-corrected chi connectivity index (χ1v) is 13.2. The van der Waals surface area contributed by atoms with E-state index in [1.165, 1.54) is 0 Å². The van der Waals surface area contributed by atoms with Gasteiger partial charge in [0.1, 0.15) is 0 Å². The van der Waals surface area contributed by atoms with Gasteiger partial charge in [-0.2, -0.15) is 10.5 Å². The fraction of sp³-hybridized carbons (Fsp3) is 0.0556. The summed E-state index contributed by atoms with van der Waals surface area (Å²) >= 11 is 0. The Morgan fingerprint density at radius 2 is 0.875 bits per heavy atom. The van der Waals surface area contributed by atoms with Gasteiger partial charge < -0.3 is 0 Å². The first-order chi connectivity index (χ1) is 19.7. The summed E-state index contributed by atoms with van der Waals surface area (Å²) in [5.74, 6) is 0. The lowest BCUT2D eigenvalue weighted by Gasteiger charge is -2.24. The summed E-state index contributed by atoms with van der Waals surface area (Å²) in [7, 11) is 13.2. The van der Waals surface area contributed by atoms with E-state index >= 15 is 0 Å². The SMILES string of the molecule is [B]Cc1c(-c2ccc(C#N)cc2)cc2ccccc2c1-c1c(C[B])c(-c2ccc(C#N)cc2)cc2ccccc12. The van der Waals surface area contributed by atoms with Gasteiger partial charge in [-0.1, -0.05) is 85.4 Å². The summed E-state index contributed by atoms with van der Waals surface area (Å²) in [5, 5.41) is 23.1. The summed E-state index contributed by atoms with van der Waals surface area (Å²) in [6.45, 7) is 0. The number of nitrogens with zero attached hydrogens (tertiary/aromatic N) is 2. The van der Waals surface area contributed by atoms with Crippen LogP contribution in [0, 0.1) is 22.7 Å². The van der Waals surface area contributed by atoms with Crippen LogP contribution in [0.1, 0.15) is 22.3 Å². The van der Waals surface area contributed by atoms with Crippen molar-refractivity contribution in [1.29, 1.82) is 10.5 Å². The van der Waals surface area contributed by atoms with Gasteiger partial charge in [-0.05, 0) is 102 Å². The van der Waals surface area contributed by atoms with Crippen molar-refractivity contribution in [3.8, 4) is 45.5 Å². The largest absolute Gasteiger partial charge is 0.192 e. The second-order valence-corrected chi connectivity index (χ2v) is 9.78. The molecule has 6 aromatic rings. The van der Waals surface area contributed by atoms with Gasteiger partial charge in [-0.15, -0.1) is 0 Å². The number of hydrogen-bond acceptors (Lipinski definition) is 2. The highest BCUT2D eigenvalue weighted by Gasteiger charge is 2.21. The normalized spacial score (nSPS) is 10.8. The number of hydrogen-bond donors (Lipinski definition) is 0. The van der Waals surface area contributed by atoms with Crippen molar-refractivity contribution >= 4 is 37.2 Å². The highest BCUT2D eigenvalue weighted by Crippen LogP contribution is 2.45. The maximum atomic E-state index is 9.34. The minimum Gasteiger partial charge on any atom is -0.192 e. The summed E-state index contributed by atoms with van der Waals surface area (Å²) in [5.41, 5.74) is 9.53. The van der Waals surface area contributed by atoms with Crippen LogP contribution < -0.4 is 0 Å². The van der Waals surface area contributed by atoms with E-state index in [4.69, 9.17) is 15.7 Å². The van der Waals surface area contributed by atoms with Crippen LogP contribution in [0.3, 0.4) is 0 Å². The number of nitriles is 2. The quantitative estimate of drug-likeness (QED) is 0.223. The van der Waals surface area contributed by atoms with E-state index in [0.29, 0.717) is 23.8 Å². The van der Waals surface area contributed by atoms with E-state index in [0.717, 1.165) is 66.1 Å². The second kappa shape index (κ2) is 10.6. The zero-order valence-electron chi connectivity index (χ0n) is 21.9. The predicted octanol–water partition coefficient (Wildman–Crippen LogP) is 8.07. The Morgan fingerprint density at radius 1 is 0.500 bits per heavy atom. The van der Waals surface area contributed by atoms with Crippen molar-refractivity contribution in [2.24, 2.45) is 0 Å². The molecule has 0 heterocycles. The van der Waals surface area contributed by atoms with Crippen LogP contribution in [0.2, 0.25) is 0 Å². The molecule has 0 amide bonds. The molecule has 0 saturated heterocycles. The van der Waals surface area contributed by atoms with Gasteiger partial charge in [0.05, 0.1) is 39.0 Å². The molecule has 40 heavy (non-hydrogen) atoms. The van der Waals surface area contributed by atoms with Gasteiger partial charge in [-0.3, -0.25) is 0 Å². The fourth-order valence-electron chi connectivity index (χ4n) is 5.74. The van der Waals surface area contributed by atoms with Crippen LogP contribution >= 0.6 is 0 Å². The Kier molecular flexibility index (Phi) is 6.69. The molecule has 6 aromatic carbocycles. The Morgan fingerprint density at radius 3 is 1.23 bits per heavy atom. The van der Waals surface area contributed by atoms with Crippen LogP contribution in [-0.2, 0) is 12.6 Å². The average Bonchev–Trinajstić information content (AvgIpc) is 3.03. The number of benzene rings is 6. The van der Waals surface area contributed by atoms with E-state index in [1.807, 2.05) is 60.7 Å². The Balaban J connectivity index is 1.76. The highest BCUT2D eigenvalue weighted by molar-refractivity contribution is 6.17. The molecular weight excluding hydrogens is 482 g/mol. The standard InChI is InChI=1S/C36H22B2N2/c37-19-33-31(25-13-9-23(21-39)10-14-25)17-27-5-1-3-7-29(27)35(33)36-30-8-4-2-6-28(30)18-32(34(36)20-38)26-15-11-24(22-40)12-16-26/h1-18H,19-20H2. The number of rotatable bonds is 5. The minimum absolute atomic E-state index is 0.328. The number of fused-ring (bicyclic) bond motifs is 2. The molecule has 0 aliphatic heterocycles. The highest BCUT2D eigenvalue weighted by atomic mass is 14.3. The predicted molar refractivity (Wildman–Crippen MR) is 166 cm³/mol. The minimum atomic E-state index is 0.328. The van der Waals surface area contributed by atoms with Gasteiger partial charge in [0.25, 0.3) is 0 Å². The third kappa shape index (κ3) is 4.25. The molecular formula is C36H22B2N2. The summed E-state index contributed by atoms with van der Waals surface area (Å²) < 4.78 is 0. The van der Waals surface area contributed by atoms with E-state index in [1.54, 1.807) is 0 Å². The maximum Gasteiger partial charge on any atom is 0.0991 e. The smallest absolute Gasteiger partial charge is 0.0991 e. The van der Waals surface area contributed by atoms with Gasteiger partial charge in [0, 0.05) is 0 Å². The van der Waals surface area contributed by atoms with Crippen molar-refractivity contribution in [2.75, 3.05) is 0 Å². The lowest BCUT2D eigenvalue weighted by Crippen LogP contribution is -2.02. The molecule has 0 fully saturated rings. The third-order valence-electron chi connectivity index (χ3n) is 7.62. The van der Waals surface area contributed by atoms with Crippen molar-refractivity contribution < 1.29 is 0 Å². The van der Waals surface area contributed by atoms with E-state index in [-0.39, 0.29) is 0 Å². The molecule has 0 aromatic heterocycles. The van der Waals surface area contributed by atoms with Gasteiger partial charge >= 0.3 is 0 Å².